The van der Waals surface area contributed by atoms with Gasteiger partial charge in [0.1, 0.15) is 18.2 Å². The van der Waals surface area contributed by atoms with Crippen LogP contribution in [0.2, 0.25) is 0 Å². The molecule has 0 saturated heterocycles. The van der Waals surface area contributed by atoms with Crippen LogP contribution in [0.25, 0.3) is 33.2 Å². The highest BCUT2D eigenvalue weighted by molar-refractivity contribution is 6.09. The fraction of sp³-hybridized carbons (Fsp3) is 0.105. The van der Waals surface area contributed by atoms with Crippen molar-refractivity contribution in [2.45, 2.75) is 6.92 Å². The third-order valence-corrected chi connectivity index (χ3v) is 4.07. The first-order valence-corrected chi connectivity index (χ1v) is 7.11. The van der Waals surface area contributed by atoms with Crippen LogP contribution in [-0.2, 0) is 7.05 Å². The Morgan fingerprint density at radius 2 is 1.67 bits per heavy atom. The molecule has 0 unspecified atom stereocenters. The summed E-state index contributed by atoms with van der Waals surface area (Å²) in [6, 6.07) is 18.8. The number of fused-ring (bicyclic) bond motifs is 3. The number of furan rings is 1. The van der Waals surface area contributed by atoms with Crippen LogP contribution in [-0.4, -0.2) is 0 Å². The summed E-state index contributed by atoms with van der Waals surface area (Å²) < 4.78 is 8.29. The SMILES string of the molecule is Cc1ccc2c(oc3ccccc32)c1-c1cccc[n+]1C. The van der Waals surface area contributed by atoms with Gasteiger partial charge < -0.3 is 4.42 Å². The smallest absolute Gasteiger partial charge is 0.216 e. The second-order valence-electron chi connectivity index (χ2n) is 5.43. The summed E-state index contributed by atoms with van der Waals surface area (Å²) in [7, 11) is 2.07. The predicted octanol–water partition coefficient (Wildman–Crippen LogP) is 4.39. The van der Waals surface area contributed by atoms with Gasteiger partial charge in [-0.3, -0.25) is 0 Å². The first-order chi connectivity index (χ1) is 10.3. The minimum absolute atomic E-state index is 0.943. The molecule has 2 aromatic heterocycles. The van der Waals surface area contributed by atoms with Crippen LogP contribution in [0.3, 0.4) is 0 Å². The molecule has 0 amide bonds. The molecule has 0 spiro atoms. The van der Waals surface area contributed by atoms with Crippen molar-refractivity contribution in [2.75, 3.05) is 0 Å². The van der Waals surface area contributed by atoms with Crippen LogP contribution in [0.5, 0.6) is 0 Å². The lowest BCUT2D eigenvalue weighted by molar-refractivity contribution is -0.660. The maximum Gasteiger partial charge on any atom is 0.216 e. The number of rotatable bonds is 1. The topological polar surface area (TPSA) is 17.0 Å². The molecule has 0 radical (unpaired) electrons. The lowest BCUT2D eigenvalue weighted by Gasteiger charge is -2.04. The van der Waals surface area contributed by atoms with Gasteiger partial charge in [0, 0.05) is 22.9 Å². The zero-order valence-corrected chi connectivity index (χ0v) is 12.1. The van der Waals surface area contributed by atoms with Gasteiger partial charge in [-0.1, -0.05) is 30.3 Å². The number of para-hydroxylation sites is 1. The van der Waals surface area contributed by atoms with Gasteiger partial charge in [0.15, 0.2) is 6.20 Å². The Labute approximate surface area is 123 Å². The molecule has 0 atom stereocenters. The van der Waals surface area contributed by atoms with Gasteiger partial charge >= 0.3 is 0 Å². The lowest BCUT2D eigenvalue weighted by Crippen LogP contribution is -2.30. The first-order valence-electron chi connectivity index (χ1n) is 7.11. The Kier molecular flexibility index (Phi) is 2.58. The Hall–Kier alpha value is -2.61. The molecule has 0 aliphatic carbocycles. The summed E-state index contributed by atoms with van der Waals surface area (Å²) in [5.41, 5.74) is 5.48. The van der Waals surface area contributed by atoms with Crippen molar-refractivity contribution in [1.29, 1.82) is 0 Å². The molecule has 0 aliphatic heterocycles. The Bertz CT molecular complexity index is 966. The van der Waals surface area contributed by atoms with Crippen molar-refractivity contribution in [3.05, 3.63) is 66.4 Å². The Morgan fingerprint density at radius 3 is 2.52 bits per heavy atom. The summed E-state index contributed by atoms with van der Waals surface area (Å²) in [4.78, 5) is 0. The molecule has 2 heteroatoms. The molecule has 2 heterocycles. The highest BCUT2D eigenvalue weighted by Crippen LogP contribution is 2.36. The van der Waals surface area contributed by atoms with E-state index in [1.807, 2.05) is 18.2 Å². The molecular formula is C19H16NO+. The Morgan fingerprint density at radius 1 is 0.857 bits per heavy atom. The first kappa shape index (κ1) is 12.2. The van der Waals surface area contributed by atoms with Crippen molar-refractivity contribution < 1.29 is 8.98 Å². The van der Waals surface area contributed by atoms with Gasteiger partial charge in [-0.2, -0.15) is 0 Å². The van der Waals surface area contributed by atoms with E-state index < -0.39 is 0 Å². The highest BCUT2D eigenvalue weighted by Gasteiger charge is 2.19. The van der Waals surface area contributed by atoms with Gasteiger partial charge in [-0.15, -0.1) is 0 Å². The van der Waals surface area contributed by atoms with E-state index in [9.17, 15) is 0 Å². The monoisotopic (exact) mass is 274 g/mol. The molecule has 0 bridgehead atoms. The van der Waals surface area contributed by atoms with Gasteiger partial charge in [-0.05, 0) is 24.6 Å². The number of pyridine rings is 1. The zero-order chi connectivity index (χ0) is 14.4. The highest BCUT2D eigenvalue weighted by atomic mass is 16.3. The van der Waals surface area contributed by atoms with E-state index >= 15 is 0 Å². The fourth-order valence-corrected chi connectivity index (χ4v) is 2.99. The maximum absolute atomic E-state index is 6.16. The van der Waals surface area contributed by atoms with Crippen molar-refractivity contribution in [1.82, 2.24) is 0 Å². The van der Waals surface area contributed by atoms with Crippen molar-refractivity contribution in [3.8, 4) is 11.3 Å². The van der Waals surface area contributed by atoms with E-state index in [1.54, 1.807) is 0 Å². The minimum atomic E-state index is 0.943. The Balaban J connectivity index is 2.18. The molecule has 0 aliphatic rings. The van der Waals surface area contributed by atoms with E-state index in [2.05, 4.69) is 61.1 Å². The summed E-state index contributed by atoms with van der Waals surface area (Å²) in [5.74, 6) is 0. The van der Waals surface area contributed by atoms with Crippen LogP contribution in [0.4, 0.5) is 0 Å². The largest absolute Gasteiger partial charge is 0.455 e. The molecule has 0 saturated carbocycles. The average Bonchev–Trinajstić information content (AvgIpc) is 2.87. The average molecular weight is 274 g/mol. The third kappa shape index (κ3) is 1.76. The summed E-state index contributed by atoms with van der Waals surface area (Å²) in [6.45, 7) is 2.13. The maximum atomic E-state index is 6.16. The number of aryl methyl sites for hydroxylation is 2. The number of aromatic nitrogens is 1. The molecule has 21 heavy (non-hydrogen) atoms. The third-order valence-electron chi connectivity index (χ3n) is 4.07. The van der Waals surface area contributed by atoms with Gasteiger partial charge in [0.25, 0.3) is 0 Å². The fourth-order valence-electron chi connectivity index (χ4n) is 2.99. The van der Waals surface area contributed by atoms with Gasteiger partial charge in [-0.25, -0.2) is 4.57 Å². The molecule has 0 N–H and O–H groups in total. The molecule has 0 fully saturated rings. The standard InChI is InChI=1S/C19H16NO/c1-13-10-11-15-14-7-3-4-9-17(14)21-19(15)18(13)16-8-5-6-12-20(16)2/h3-12H,1-2H3/q+1. The molecule has 4 aromatic rings. The number of hydrogen-bond acceptors (Lipinski definition) is 1. The normalized spacial score (nSPS) is 11.3. The van der Waals surface area contributed by atoms with Crippen LogP contribution in [0.15, 0.2) is 65.2 Å². The van der Waals surface area contributed by atoms with E-state index in [4.69, 9.17) is 4.42 Å². The molecule has 2 aromatic carbocycles. The second kappa shape index (κ2) is 4.45. The summed E-state index contributed by atoms with van der Waals surface area (Å²) in [5, 5.41) is 2.35. The summed E-state index contributed by atoms with van der Waals surface area (Å²) >= 11 is 0. The number of hydrogen-bond donors (Lipinski definition) is 0. The van der Waals surface area contributed by atoms with E-state index in [0.29, 0.717) is 0 Å². The second-order valence-corrected chi connectivity index (χ2v) is 5.43. The van der Waals surface area contributed by atoms with Crippen molar-refractivity contribution in [2.24, 2.45) is 7.05 Å². The van der Waals surface area contributed by atoms with Crippen LogP contribution in [0, 0.1) is 6.92 Å². The van der Waals surface area contributed by atoms with Gasteiger partial charge in [0.2, 0.25) is 5.69 Å². The van der Waals surface area contributed by atoms with Crippen LogP contribution < -0.4 is 4.57 Å². The molecule has 4 rings (SSSR count). The molecule has 2 nitrogen and oxygen atoms in total. The predicted molar refractivity (Wildman–Crippen MR) is 85.1 cm³/mol. The summed E-state index contributed by atoms with van der Waals surface area (Å²) in [6.07, 6.45) is 2.07. The molecular weight excluding hydrogens is 258 g/mol. The molecule has 102 valence electrons. The van der Waals surface area contributed by atoms with Crippen LogP contribution >= 0.6 is 0 Å². The quantitative estimate of drug-likeness (QED) is 0.471. The lowest BCUT2D eigenvalue weighted by atomic mass is 10.0. The number of nitrogens with zero attached hydrogens (tertiary/aromatic N) is 1. The van der Waals surface area contributed by atoms with Crippen molar-refractivity contribution >= 4 is 21.9 Å². The number of benzene rings is 2. The van der Waals surface area contributed by atoms with E-state index in [0.717, 1.165) is 11.2 Å². The zero-order valence-electron chi connectivity index (χ0n) is 12.1. The van der Waals surface area contributed by atoms with E-state index in [-0.39, 0.29) is 0 Å². The van der Waals surface area contributed by atoms with Crippen LogP contribution in [0.1, 0.15) is 5.56 Å². The van der Waals surface area contributed by atoms with Gasteiger partial charge in [0.05, 0.1) is 5.56 Å². The van der Waals surface area contributed by atoms with Crippen molar-refractivity contribution in [3.63, 3.8) is 0 Å². The minimum Gasteiger partial charge on any atom is -0.455 e. The van der Waals surface area contributed by atoms with E-state index in [1.165, 1.54) is 27.6 Å².